The van der Waals surface area contributed by atoms with Crippen LogP contribution in [-0.4, -0.2) is 48.7 Å². The lowest BCUT2D eigenvalue weighted by Gasteiger charge is -2.01. The summed E-state index contributed by atoms with van der Waals surface area (Å²) in [6, 6.07) is 25.1. The van der Waals surface area contributed by atoms with Crippen molar-refractivity contribution in [3.05, 3.63) is 118 Å². The molecule has 0 saturated heterocycles. The minimum Gasteiger partial charge on any atom is -0.466 e. The Bertz CT molecular complexity index is 1400. The number of hydrogen-bond donors (Lipinski definition) is 0. The highest BCUT2D eigenvalue weighted by atomic mass is 16.5. The molecule has 2 aliphatic carbocycles. The quantitative estimate of drug-likeness (QED) is 0.0775. The van der Waals surface area contributed by atoms with Gasteiger partial charge in [0.2, 0.25) is 0 Å². The van der Waals surface area contributed by atoms with Gasteiger partial charge in [0.15, 0.2) is 0 Å². The van der Waals surface area contributed by atoms with Gasteiger partial charge in [0.05, 0.1) is 31.7 Å². The summed E-state index contributed by atoms with van der Waals surface area (Å²) in [4.78, 5) is 35.4. The summed E-state index contributed by atoms with van der Waals surface area (Å²) >= 11 is 0. The maximum atomic E-state index is 11.4. The molecular weight excluding hydrogens is 592 g/mol. The number of hydrogen-bond acceptors (Lipinski definition) is 6. The summed E-state index contributed by atoms with van der Waals surface area (Å²) in [7, 11) is 0. The van der Waals surface area contributed by atoms with Crippen LogP contribution in [0.15, 0.2) is 79.4 Å². The third kappa shape index (κ3) is 14.0. The van der Waals surface area contributed by atoms with Crippen LogP contribution in [0.3, 0.4) is 0 Å². The predicted octanol–water partition coefficient (Wildman–Crippen LogP) is 7.81. The van der Waals surface area contributed by atoms with Crippen molar-refractivity contribution in [1.82, 2.24) is 0 Å². The number of ether oxygens (including phenoxy) is 3. The van der Waals surface area contributed by atoms with Crippen LogP contribution in [0.5, 0.6) is 0 Å². The molecule has 0 radical (unpaired) electrons. The van der Waals surface area contributed by atoms with E-state index < -0.39 is 5.97 Å². The van der Waals surface area contributed by atoms with Crippen molar-refractivity contribution in [3.63, 3.8) is 0 Å². The van der Waals surface area contributed by atoms with Crippen LogP contribution >= 0.6 is 0 Å². The molecule has 0 unspecified atom stereocenters. The summed E-state index contributed by atoms with van der Waals surface area (Å²) in [5.74, 6) is 0.288. The van der Waals surface area contributed by atoms with Gasteiger partial charge in [-0.05, 0) is 82.9 Å². The van der Waals surface area contributed by atoms with Crippen LogP contribution in [0.1, 0.15) is 78.8 Å². The first-order chi connectivity index (χ1) is 22.6. The zero-order chi connectivity index (χ0) is 34.8. The molecule has 0 spiro atoms. The van der Waals surface area contributed by atoms with Crippen LogP contribution < -0.4 is 0 Å². The van der Waals surface area contributed by atoms with Crippen molar-refractivity contribution in [2.75, 3.05) is 19.8 Å². The summed E-state index contributed by atoms with van der Waals surface area (Å²) in [5.41, 5.74) is 15.2. The number of carbonyl (C=O) groups excluding carboxylic acids is 3. The highest BCUT2D eigenvalue weighted by molar-refractivity contribution is 6.20. The molecule has 0 aliphatic heterocycles. The molecule has 0 N–H and O–H groups in total. The zero-order valence-corrected chi connectivity index (χ0v) is 28.5. The van der Waals surface area contributed by atoms with Gasteiger partial charge in [-0.15, -0.1) is 0 Å². The predicted molar refractivity (Wildman–Crippen MR) is 185 cm³/mol. The Morgan fingerprint density at radius 2 is 1.04 bits per heavy atom. The van der Waals surface area contributed by atoms with Crippen molar-refractivity contribution in [2.45, 2.75) is 66.2 Å². The highest BCUT2D eigenvalue weighted by Crippen LogP contribution is 2.48. The molecule has 47 heavy (non-hydrogen) atoms. The monoisotopic (exact) mass is 640 g/mol. The highest BCUT2D eigenvalue weighted by Gasteiger charge is 2.45. The van der Waals surface area contributed by atoms with Gasteiger partial charge in [0.1, 0.15) is 0 Å². The summed E-state index contributed by atoms with van der Waals surface area (Å²) in [6.07, 6.45) is 4.44. The number of carbonyl (C=O) groups is 3. The maximum Gasteiger partial charge on any atom is 0.413 e. The van der Waals surface area contributed by atoms with Crippen LogP contribution in [-0.2, 0) is 28.6 Å². The fourth-order valence-corrected chi connectivity index (χ4v) is 4.70. The fraction of sp³-hybridized carbons (Fsp3) is 0.385. The Labute approximate surface area is 279 Å². The Kier molecular flexibility index (Phi) is 16.6. The van der Waals surface area contributed by atoms with E-state index in [1.54, 1.807) is 6.92 Å². The molecule has 250 valence electrons. The number of nitrogens with zero attached hydrogens (tertiary/aromatic N) is 2. The van der Waals surface area contributed by atoms with Gasteiger partial charge in [-0.3, -0.25) is 9.59 Å². The van der Waals surface area contributed by atoms with Crippen molar-refractivity contribution in [3.8, 4) is 0 Å². The SMILES string of the molecule is C=Cc1ccc(C)cc1.CCOC(=O)C=[N+]=[N-].CCOC(=O)[C@@H]1C[C@@H]1c1ccc(C)cc1.CCOC(=O)[C@H]1C[C@@H]1c1ccc(C)cc1. The second-order valence-electron chi connectivity index (χ2n) is 11.3. The largest absolute Gasteiger partial charge is 0.466 e. The summed E-state index contributed by atoms with van der Waals surface area (Å²) in [5, 5.41) is 0. The molecule has 0 heterocycles. The first kappa shape index (κ1) is 38.4. The van der Waals surface area contributed by atoms with Crippen LogP contribution in [0.2, 0.25) is 0 Å². The van der Waals surface area contributed by atoms with E-state index in [0.717, 1.165) is 12.8 Å². The van der Waals surface area contributed by atoms with Crippen LogP contribution in [0.25, 0.3) is 11.6 Å². The van der Waals surface area contributed by atoms with Gasteiger partial charge in [0.25, 0.3) is 0 Å². The van der Waals surface area contributed by atoms with E-state index in [-0.39, 0.29) is 23.8 Å². The first-order valence-electron chi connectivity index (χ1n) is 16.1. The molecular formula is C39H48N2O6. The second kappa shape index (κ2) is 20.3. The topological polar surface area (TPSA) is 115 Å². The Hall–Kier alpha value is -4.81. The average Bonchev–Trinajstić information content (AvgIpc) is 3.99. The van der Waals surface area contributed by atoms with Gasteiger partial charge < -0.3 is 19.7 Å². The fourth-order valence-electron chi connectivity index (χ4n) is 4.70. The summed E-state index contributed by atoms with van der Waals surface area (Å²) in [6.45, 7) is 16.5. The lowest BCUT2D eigenvalue weighted by Crippen LogP contribution is -2.07. The van der Waals surface area contributed by atoms with Crippen LogP contribution in [0.4, 0.5) is 0 Å². The van der Waals surface area contributed by atoms with Gasteiger partial charge in [-0.25, -0.2) is 4.79 Å². The third-order valence-corrected chi connectivity index (χ3v) is 7.53. The van der Waals surface area contributed by atoms with Gasteiger partial charge >= 0.3 is 24.1 Å². The van der Waals surface area contributed by atoms with Crippen molar-refractivity contribution >= 4 is 30.2 Å². The van der Waals surface area contributed by atoms with Crippen molar-refractivity contribution in [1.29, 1.82) is 0 Å². The molecule has 3 aromatic rings. The van der Waals surface area contributed by atoms with Crippen molar-refractivity contribution < 1.29 is 33.4 Å². The zero-order valence-electron chi connectivity index (χ0n) is 28.5. The van der Waals surface area contributed by atoms with E-state index in [0.29, 0.717) is 37.9 Å². The van der Waals surface area contributed by atoms with E-state index in [9.17, 15) is 14.4 Å². The van der Waals surface area contributed by atoms with E-state index in [1.165, 1.54) is 33.4 Å². The van der Waals surface area contributed by atoms with Crippen molar-refractivity contribution in [2.24, 2.45) is 11.8 Å². The summed E-state index contributed by atoms with van der Waals surface area (Å²) < 4.78 is 14.3. The average molecular weight is 641 g/mol. The Morgan fingerprint density at radius 3 is 1.36 bits per heavy atom. The van der Waals surface area contributed by atoms with E-state index in [2.05, 4.69) is 110 Å². The first-order valence-corrected chi connectivity index (χ1v) is 16.1. The van der Waals surface area contributed by atoms with E-state index >= 15 is 0 Å². The van der Waals surface area contributed by atoms with Crippen LogP contribution in [0, 0.1) is 32.6 Å². The molecule has 0 amide bonds. The van der Waals surface area contributed by atoms with E-state index in [4.69, 9.17) is 15.0 Å². The molecule has 0 aromatic heterocycles. The Balaban J connectivity index is 0.000000227. The normalized spacial score (nSPS) is 18.0. The van der Waals surface area contributed by atoms with Gasteiger partial charge in [-0.1, -0.05) is 102 Å². The lowest BCUT2D eigenvalue weighted by molar-refractivity contribution is -0.145. The standard InChI is InChI=1S/2C13H16O2.C9H10.C4H6N2O2/c2*1-3-15-13(14)12-8-11(12)10-6-4-9(2)5-7-10;1-3-9-6-4-8(2)5-7-9;1-2-8-4(7)3-6-5/h2*4-7,11-12H,3,8H2,1-2H3;3-7H,1H2,2H3;3H,2H2,1H3/t11-,12+;11-,12-;;/m11../s1. The second-order valence-corrected chi connectivity index (χ2v) is 11.3. The Morgan fingerprint density at radius 1 is 0.681 bits per heavy atom. The molecule has 2 saturated carbocycles. The minimum atomic E-state index is -0.630. The number of rotatable bonds is 9. The van der Waals surface area contributed by atoms with Gasteiger partial charge in [-0.2, -0.15) is 4.79 Å². The molecule has 8 nitrogen and oxygen atoms in total. The lowest BCUT2D eigenvalue weighted by atomic mass is 10.1. The number of benzene rings is 3. The smallest absolute Gasteiger partial charge is 0.413 e. The molecule has 4 atom stereocenters. The molecule has 5 rings (SSSR count). The minimum absolute atomic E-state index is 0.0388. The molecule has 0 bridgehead atoms. The molecule has 3 aromatic carbocycles. The maximum absolute atomic E-state index is 11.4. The van der Waals surface area contributed by atoms with E-state index in [1.807, 2.05) is 19.9 Å². The number of esters is 3. The molecule has 2 aliphatic rings. The van der Waals surface area contributed by atoms with Gasteiger partial charge in [0, 0.05) is 0 Å². The molecule has 8 heteroatoms. The number of aryl methyl sites for hydroxylation is 3. The molecule has 2 fully saturated rings. The third-order valence-electron chi connectivity index (χ3n) is 7.53.